The number of carbonyl (C=O) groups excluding carboxylic acids is 1. The summed E-state index contributed by atoms with van der Waals surface area (Å²) in [5.74, 6) is 0.243. The van der Waals surface area contributed by atoms with Crippen molar-refractivity contribution in [3.05, 3.63) is 58.7 Å². The van der Waals surface area contributed by atoms with Crippen molar-refractivity contribution in [3.8, 4) is 0 Å². The van der Waals surface area contributed by atoms with Gasteiger partial charge in [-0.3, -0.25) is 14.3 Å². The van der Waals surface area contributed by atoms with Crippen molar-refractivity contribution in [1.82, 2.24) is 4.98 Å². The molecule has 1 unspecified atom stereocenters. The number of rotatable bonds is 4. The summed E-state index contributed by atoms with van der Waals surface area (Å²) in [6.45, 7) is 4.07. The van der Waals surface area contributed by atoms with Gasteiger partial charge in [0, 0.05) is 28.4 Å². The SMILES string of the molecule is Cc1cc(C)c2nc(NC(=O)c3cccc(CS(C)=O)c3)sc2c1. The first-order chi connectivity index (χ1) is 11.4. The molecule has 124 valence electrons. The molecule has 0 aliphatic rings. The van der Waals surface area contributed by atoms with E-state index in [1.807, 2.05) is 26.0 Å². The first kappa shape index (κ1) is 16.8. The average molecular weight is 358 g/mol. The molecule has 1 N–H and O–H groups in total. The number of carbonyl (C=O) groups is 1. The summed E-state index contributed by atoms with van der Waals surface area (Å²) in [4.78, 5) is 17.0. The van der Waals surface area contributed by atoms with Crippen LogP contribution in [0.3, 0.4) is 0 Å². The van der Waals surface area contributed by atoms with Gasteiger partial charge in [-0.15, -0.1) is 0 Å². The van der Waals surface area contributed by atoms with E-state index in [2.05, 4.69) is 22.4 Å². The Balaban J connectivity index is 1.84. The fraction of sp³-hybridized carbons (Fsp3) is 0.222. The zero-order valence-corrected chi connectivity index (χ0v) is 15.4. The molecule has 0 fully saturated rings. The van der Waals surface area contributed by atoms with E-state index in [9.17, 15) is 9.00 Å². The predicted octanol–water partition coefficient (Wildman–Crippen LogP) is 4.04. The number of thiazole rings is 1. The molecule has 0 aliphatic heterocycles. The van der Waals surface area contributed by atoms with E-state index >= 15 is 0 Å². The molecular weight excluding hydrogens is 340 g/mol. The number of amides is 1. The summed E-state index contributed by atoms with van der Waals surface area (Å²) in [6, 6.07) is 11.4. The van der Waals surface area contributed by atoms with E-state index < -0.39 is 10.8 Å². The number of nitrogens with zero attached hydrogens (tertiary/aromatic N) is 1. The first-order valence-corrected chi connectivity index (χ1v) is 10.0. The Hall–Kier alpha value is -2.05. The van der Waals surface area contributed by atoms with Gasteiger partial charge in [0.05, 0.1) is 10.2 Å². The van der Waals surface area contributed by atoms with Crippen molar-refractivity contribution in [2.24, 2.45) is 0 Å². The van der Waals surface area contributed by atoms with Crippen LogP contribution in [0.1, 0.15) is 27.0 Å². The van der Waals surface area contributed by atoms with Gasteiger partial charge in [0.2, 0.25) is 0 Å². The van der Waals surface area contributed by atoms with Crippen molar-refractivity contribution in [1.29, 1.82) is 0 Å². The Kier molecular flexibility index (Phi) is 4.78. The molecule has 0 spiro atoms. The summed E-state index contributed by atoms with van der Waals surface area (Å²) in [5, 5.41) is 3.46. The quantitative estimate of drug-likeness (QED) is 0.765. The van der Waals surface area contributed by atoms with Crippen LogP contribution in [0.5, 0.6) is 0 Å². The fourth-order valence-electron chi connectivity index (χ4n) is 2.63. The minimum absolute atomic E-state index is 0.202. The van der Waals surface area contributed by atoms with E-state index in [4.69, 9.17) is 0 Å². The lowest BCUT2D eigenvalue weighted by molar-refractivity contribution is 0.102. The number of hydrogen-bond donors (Lipinski definition) is 1. The monoisotopic (exact) mass is 358 g/mol. The van der Waals surface area contributed by atoms with Gasteiger partial charge in [0.1, 0.15) is 0 Å². The van der Waals surface area contributed by atoms with E-state index in [1.165, 1.54) is 16.9 Å². The summed E-state index contributed by atoms with van der Waals surface area (Å²) < 4.78 is 12.4. The second-order valence-corrected chi connectivity index (χ2v) is 8.29. The van der Waals surface area contributed by atoms with Gasteiger partial charge < -0.3 is 0 Å². The molecule has 2 aromatic carbocycles. The minimum Gasteiger partial charge on any atom is -0.298 e. The first-order valence-electron chi connectivity index (χ1n) is 7.50. The van der Waals surface area contributed by atoms with Crippen LogP contribution in [-0.2, 0) is 16.6 Å². The summed E-state index contributed by atoms with van der Waals surface area (Å²) >= 11 is 1.47. The van der Waals surface area contributed by atoms with Crippen LogP contribution in [0, 0.1) is 13.8 Å². The summed E-state index contributed by atoms with van der Waals surface area (Å²) in [6.07, 6.45) is 1.65. The summed E-state index contributed by atoms with van der Waals surface area (Å²) in [7, 11) is -0.933. The van der Waals surface area contributed by atoms with Crippen LogP contribution < -0.4 is 5.32 Å². The third-order valence-electron chi connectivity index (χ3n) is 3.61. The van der Waals surface area contributed by atoms with Crippen molar-refractivity contribution in [2.75, 3.05) is 11.6 Å². The second-order valence-electron chi connectivity index (χ2n) is 5.82. The van der Waals surface area contributed by atoms with Crippen LogP contribution in [-0.4, -0.2) is 21.4 Å². The highest BCUT2D eigenvalue weighted by molar-refractivity contribution is 7.83. The molecule has 1 atom stereocenters. The normalized spacial score (nSPS) is 12.3. The molecule has 24 heavy (non-hydrogen) atoms. The van der Waals surface area contributed by atoms with Gasteiger partial charge in [0.25, 0.3) is 5.91 Å². The highest BCUT2D eigenvalue weighted by Crippen LogP contribution is 2.29. The zero-order chi connectivity index (χ0) is 17.3. The number of hydrogen-bond acceptors (Lipinski definition) is 4. The van der Waals surface area contributed by atoms with E-state index in [-0.39, 0.29) is 5.91 Å². The number of benzene rings is 2. The van der Waals surface area contributed by atoms with Gasteiger partial charge in [-0.1, -0.05) is 29.5 Å². The highest BCUT2D eigenvalue weighted by Gasteiger charge is 2.12. The van der Waals surface area contributed by atoms with Gasteiger partial charge >= 0.3 is 0 Å². The minimum atomic E-state index is -0.933. The van der Waals surface area contributed by atoms with Crippen molar-refractivity contribution in [3.63, 3.8) is 0 Å². The topological polar surface area (TPSA) is 59.1 Å². The molecule has 6 heteroatoms. The smallest absolute Gasteiger partial charge is 0.257 e. The molecule has 4 nitrogen and oxygen atoms in total. The van der Waals surface area contributed by atoms with Gasteiger partial charge in [-0.05, 0) is 48.7 Å². The Morgan fingerprint density at radius 1 is 1.25 bits per heavy atom. The van der Waals surface area contributed by atoms with Crippen LogP contribution in [0.25, 0.3) is 10.2 Å². The highest BCUT2D eigenvalue weighted by atomic mass is 32.2. The maximum atomic E-state index is 12.5. The lowest BCUT2D eigenvalue weighted by Gasteiger charge is -2.04. The molecule has 0 saturated heterocycles. The maximum Gasteiger partial charge on any atom is 0.257 e. The molecule has 0 bridgehead atoms. The number of aryl methyl sites for hydroxylation is 2. The Labute approximate surface area is 147 Å². The van der Waals surface area contributed by atoms with Crippen LogP contribution in [0.4, 0.5) is 5.13 Å². The Morgan fingerprint density at radius 3 is 2.79 bits per heavy atom. The van der Waals surface area contributed by atoms with Crippen LogP contribution in [0.15, 0.2) is 36.4 Å². The zero-order valence-electron chi connectivity index (χ0n) is 13.8. The molecule has 1 aromatic heterocycles. The van der Waals surface area contributed by atoms with Gasteiger partial charge in [0.15, 0.2) is 5.13 Å². The lowest BCUT2D eigenvalue weighted by Crippen LogP contribution is -2.12. The Bertz CT molecular complexity index is 947. The number of fused-ring (bicyclic) bond motifs is 1. The maximum absolute atomic E-state index is 12.5. The van der Waals surface area contributed by atoms with E-state index in [1.54, 1.807) is 18.4 Å². The van der Waals surface area contributed by atoms with Crippen LogP contribution >= 0.6 is 11.3 Å². The van der Waals surface area contributed by atoms with E-state index in [0.717, 1.165) is 21.3 Å². The fourth-order valence-corrected chi connectivity index (χ4v) is 4.32. The van der Waals surface area contributed by atoms with Gasteiger partial charge in [-0.25, -0.2) is 4.98 Å². The predicted molar refractivity (Wildman–Crippen MR) is 101 cm³/mol. The lowest BCUT2D eigenvalue weighted by atomic mass is 10.1. The number of nitrogens with one attached hydrogen (secondary N) is 1. The van der Waals surface area contributed by atoms with Crippen molar-refractivity contribution in [2.45, 2.75) is 19.6 Å². The summed E-state index contributed by atoms with van der Waals surface area (Å²) in [5.41, 5.74) is 4.65. The van der Waals surface area contributed by atoms with E-state index in [0.29, 0.717) is 16.4 Å². The molecule has 3 aromatic rings. The molecule has 0 radical (unpaired) electrons. The molecule has 1 amide bonds. The van der Waals surface area contributed by atoms with Crippen LogP contribution in [0.2, 0.25) is 0 Å². The number of aromatic nitrogens is 1. The second kappa shape index (κ2) is 6.83. The van der Waals surface area contributed by atoms with Crippen molar-refractivity contribution < 1.29 is 9.00 Å². The molecule has 0 saturated carbocycles. The number of anilines is 1. The Morgan fingerprint density at radius 2 is 2.04 bits per heavy atom. The molecule has 1 heterocycles. The third kappa shape index (κ3) is 3.71. The largest absolute Gasteiger partial charge is 0.298 e. The molecule has 3 rings (SSSR count). The molecule has 0 aliphatic carbocycles. The van der Waals surface area contributed by atoms with Gasteiger partial charge in [-0.2, -0.15) is 0 Å². The van der Waals surface area contributed by atoms with Crippen molar-refractivity contribution >= 4 is 43.4 Å². The average Bonchev–Trinajstić information content (AvgIpc) is 2.89. The molecular formula is C18H18N2O2S2. The third-order valence-corrected chi connectivity index (χ3v) is 5.27. The standard InChI is InChI=1S/C18H18N2O2S2/c1-11-7-12(2)16-15(8-11)23-18(19-16)20-17(21)14-6-4-5-13(9-14)10-24(3)22/h4-9H,10H2,1-3H3,(H,19,20,21).